The van der Waals surface area contributed by atoms with Crippen LogP contribution in [0.3, 0.4) is 0 Å². The van der Waals surface area contributed by atoms with Gasteiger partial charge in [0, 0.05) is 19.0 Å². The normalized spacial score (nSPS) is 11.6. The van der Waals surface area contributed by atoms with E-state index in [0.717, 1.165) is 5.82 Å². The Hall–Kier alpha value is -0.190. The highest BCUT2D eigenvalue weighted by atomic mass is 31.2. The second-order valence-corrected chi connectivity index (χ2v) is 4.50. The molecule has 6 heteroatoms. The predicted octanol–water partition coefficient (Wildman–Crippen LogP) is 1.12. The molecule has 0 aromatic heterocycles. The smallest absolute Gasteiger partial charge is 0.353 e. The monoisotopic (exact) mass is 224 g/mol. The van der Waals surface area contributed by atoms with Gasteiger partial charge in [0.1, 0.15) is 0 Å². The van der Waals surface area contributed by atoms with Crippen LogP contribution in [-0.4, -0.2) is 36.6 Å². The van der Waals surface area contributed by atoms with E-state index < -0.39 is 7.60 Å². The maximum Gasteiger partial charge on any atom is 0.353 e. The lowest BCUT2D eigenvalue weighted by Gasteiger charge is -2.13. The van der Waals surface area contributed by atoms with Gasteiger partial charge in [0.2, 0.25) is 0 Å². The van der Waals surface area contributed by atoms with Gasteiger partial charge in [-0.25, -0.2) is 0 Å². The molecule has 0 aromatic rings. The van der Waals surface area contributed by atoms with Crippen molar-refractivity contribution in [1.29, 1.82) is 0 Å². The molecule has 5 nitrogen and oxygen atoms in total. The van der Waals surface area contributed by atoms with Gasteiger partial charge in [0.25, 0.3) is 0 Å². The summed E-state index contributed by atoms with van der Waals surface area (Å²) < 4.78 is 21.5. The van der Waals surface area contributed by atoms with Crippen molar-refractivity contribution in [3.05, 3.63) is 12.4 Å². The van der Waals surface area contributed by atoms with E-state index >= 15 is 0 Å². The average Bonchev–Trinajstić information content (AvgIpc) is 2.19. The summed E-state index contributed by atoms with van der Waals surface area (Å²) in [4.78, 5) is 0. The van der Waals surface area contributed by atoms with Crippen LogP contribution in [0.15, 0.2) is 12.4 Å². The molecule has 0 amide bonds. The first-order chi connectivity index (χ1) is 6.68. The van der Waals surface area contributed by atoms with E-state index in [-0.39, 0.29) is 26.4 Å². The zero-order valence-electron chi connectivity index (χ0n) is 8.09. The zero-order valence-corrected chi connectivity index (χ0v) is 8.99. The number of hydrogen-bond donors (Lipinski definition) is 2. The van der Waals surface area contributed by atoms with Crippen LogP contribution >= 0.6 is 7.60 Å². The van der Waals surface area contributed by atoms with Crippen LogP contribution in [-0.2, 0) is 13.6 Å². The molecule has 0 aliphatic heterocycles. The van der Waals surface area contributed by atoms with E-state index in [2.05, 4.69) is 6.58 Å². The van der Waals surface area contributed by atoms with Gasteiger partial charge in [-0.1, -0.05) is 6.58 Å². The minimum atomic E-state index is -3.22. The third-order valence-electron chi connectivity index (χ3n) is 1.37. The van der Waals surface area contributed by atoms with Crippen molar-refractivity contribution in [2.45, 2.75) is 12.8 Å². The third-order valence-corrected chi connectivity index (χ3v) is 2.90. The molecule has 0 unspecified atom stereocenters. The lowest BCUT2D eigenvalue weighted by molar-refractivity contribution is 0.177. The summed E-state index contributed by atoms with van der Waals surface area (Å²) in [5.74, 6) is 1.13. The number of hydrogen-bond acceptors (Lipinski definition) is 5. The van der Waals surface area contributed by atoms with Crippen LogP contribution < -0.4 is 0 Å². The first-order valence-corrected chi connectivity index (χ1v) is 6.04. The molecule has 0 aromatic carbocycles. The molecule has 2 N–H and O–H groups in total. The topological polar surface area (TPSA) is 76.0 Å². The third kappa shape index (κ3) is 6.29. The van der Waals surface area contributed by atoms with Crippen molar-refractivity contribution in [2.75, 3.05) is 26.4 Å². The number of aliphatic hydroxyl groups is 2. The second kappa shape index (κ2) is 8.15. The van der Waals surface area contributed by atoms with Gasteiger partial charge in [0.05, 0.1) is 13.2 Å². The van der Waals surface area contributed by atoms with Crippen molar-refractivity contribution in [2.24, 2.45) is 0 Å². The standard InChI is InChI=1S/C8H17O5P/c1-2-14(11,12-7-3-5-9)13-8-4-6-10/h2,9-10H,1,3-8H2. The SMILES string of the molecule is C=CP(=O)(OCCCO)OCCCO. The minimum absolute atomic E-state index is 0.0201. The van der Waals surface area contributed by atoms with E-state index in [1.54, 1.807) is 0 Å². The molecule has 0 bridgehead atoms. The predicted molar refractivity (Wildman–Crippen MR) is 53.1 cm³/mol. The Morgan fingerprint density at radius 1 is 1.14 bits per heavy atom. The minimum Gasteiger partial charge on any atom is -0.396 e. The highest BCUT2D eigenvalue weighted by molar-refractivity contribution is 7.57. The molecule has 84 valence electrons. The van der Waals surface area contributed by atoms with Gasteiger partial charge in [-0.3, -0.25) is 4.57 Å². The maximum absolute atomic E-state index is 11.6. The van der Waals surface area contributed by atoms with Crippen molar-refractivity contribution >= 4 is 7.60 Å². The summed E-state index contributed by atoms with van der Waals surface area (Å²) in [5.41, 5.74) is 0. The fourth-order valence-corrected chi connectivity index (χ4v) is 1.71. The first kappa shape index (κ1) is 13.8. The fourth-order valence-electron chi connectivity index (χ4n) is 0.655. The summed E-state index contributed by atoms with van der Waals surface area (Å²) >= 11 is 0. The van der Waals surface area contributed by atoms with E-state index in [0.29, 0.717) is 12.8 Å². The molecule has 0 radical (unpaired) electrons. The van der Waals surface area contributed by atoms with E-state index in [1.807, 2.05) is 0 Å². The van der Waals surface area contributed by atoms with Crippen LogP contribution in [0, 0.1) is 0 Å². The Labute approximate surface area is 83.9 Å². The molecule has 0 aliphatic rings. The van der Waals surface area contributed by atoms with E-state index in [9.17, 15) is 4.57 Å². The largest absolute Gasteiger partial charge is 0.396 e. The van der Waals surface area contributed by atoms with Gasteiger partial charge in [-0.15, -0.1) is 0 Å². The van der Waals surface area contributed by atoms with Crippen LogP contribution in [0.25, 0.3) is 0 Å². The lowest BCUT2D eigenvalue weighted by Crippen LogP contribution is -2.00. The molecule has 0 rings (SSSR count). The summed E-state index contributed by atoms with van der Waals surface area (Å²) in [6.07, 6.45) is 0.808. The average molecular weight is 224 g/mol. The maximum atomic E-state index is 11.6. The summed E-state index contributed by atoms with van der Waals surface area (Å²) in [7, 11) is -3.22. The Bertz CT molecular complexity index is 180. The molecule has 0 atom stereocenters. The molecule has 0 fully saturated rings. The molecule has 0 saturated heterocycles. The highest BCUT2D eigenvalue weighted by Gasteiger charge is 2.18. The molecule has 0 heterocycles. The first-order valence-electron chi connectivity index (χ1n) is 4.42. The fraction of sp³-hybridized carbons (Fsp3) is 0.750. The van der Waals surface area contributed by atoms with Crippen LogP contribution in [0.5, 0.6) is 0 Å². The summed E-state index contributed by atoms with van der Waals surface area (Å²) in [6, 6.07) is 0. The van der Waals surface area contributed by atoms with Gasteiger partial charge in [-0.2, -0.15) is 0 Å². The highest BCUT2D eigenvalue weighted by Crippen LogP contribution is 2.49. The van der Waals surface area contributed by atoms with Crippen molar-refractivity contribution < 1.29 is 23.8 Å². The Balaban J connectivity index is 3.80. The molecule has 0 saturated carbocycles. The van der Waals surface area contributed by atoms with Crippen molar-refractivity contribution in [1.82, 2.24) is 0 Å². The molecular formula is C8H17O5P. The van der Waals surface area contributed by atoms with Crippen molar-refractivity contribution in [3.8, 4) is 0 Å². The van der Waals surface area contributed by atoms with Gasteiger partial charge >= 0.3 is 7.60 Å². The van der Waals surface area contributed by atoms with E-state index in [1.165, 1.54) is 0 Å². The summed E-state index contributed by atoms with van der Waals surface area (Å²) in [6.45, 7) is 3.64. The molecule has 0 aliphatic carbocycles. The van der Waals surface area contributed by atoms with Crippen molar-refractivity contribution in [3.63, 3.8) is 0 Å². The molecular weight excluding hydrogens is 207 g/mol. The molecule has 14 heavy (non-hydrogen) atoms. The Kier molecular flexibility index (Phi) is 8.04. The van der Waals surface area contributed by atoms with Crippen LogP contribution in [0.4, 0.5) is 0 Å². The van der Waals surface area contributed by atoms with Crippen LogP contribution in [0.2, 0.25) is 0 Å². The molecule has 0 spiro atoms. The van der Waals surface area contributed by atoms with Gasteiger partial charge in [0.15, 0.2) is 0 Å². The van der Waals surface area contributed by atoms with Crippen LogP contribution in [0.1, 0.15) is 12.8 Å². The quantitative estimate of drug-likeness (QED) is 0.453. The lowest BCUT2D eigenvalue weighted by atomic mass is 10.5. The van der Waals surface area contributed by atoms with Gasteiger partial charge in [-0.05, 0) is 12.8 Å². The second-order valence-electron chi connectivity index (χ2n) is 2.54. The van der Waals surface area contributed by atoms with Gasteiger partial charge < -0.3 is 19.3 Å². The number of aliphatic hydroxyl groups excluding tert-OH is 2. The summed E-state index contributed by atoms with van der Waals surface area (Å²) in [5, 5.41) is 17.0. The Morgan fingerprint density at radius 2 is 1.57 bits per heavy atom. The van der Waals surface area contributed by atoms with E-state index in [4.69, 9.17) is 19.3 Å². The Morgan fingerprint density at radius 3 is 1.86 bits per heavy atom. The zero-order chi connectivity index (χ0) is 10.9. The number of rotatable bonds is 9.